The second-order valence-corrected chi connectivity index (χ2v) is 2.66. The molecule has 0 fully saturated rings. The number of hydrogen-bond donors (Lipinski definition) is 2. The Labute approximate surface area is 67.8 Å². The maximum absolute atomic E-state index is 11.0. The molecular formula is C7H8N4O. The van der Waals surface area contributed by atoms with Gasteiger partial charge in [0, 0.05) is 18.0 Å². The molecule has 0 aliphatic rings. The molecule has 0 bridgehead atoms. The van der Waals surface area contributed by atoms with Crippen LogP contribution in [0, 0.1) is 6.92 Å². The molecule has 0 atom stereocenters. The molecule has 2 aromatic rings. The zero-order chi connectivity index (χ0) is 8.72. The molecule has 12 heavy (non-hydrogen) atoms. The van der Waals surface area contributed by atoms with Gasteiger partial charge in [-0.05, 0) is 6.92 Å². The third-order valence-electron chi connectivity index (χ3n) is 1.62. The van der Waals surface area contributed by atoms with Gasteiger partial charge in [-0.2, -0.15) is 0 Å². The maximum atomic E-state index is 11.0. The largest absolute Gasteiger partial charge is 0.379 e. The number of H-pyrrole nitrogens is 1. The van der Waals surface area contributed by atoms with E-state index in [0.717, 1.165) is 5.69 Å². The van der Waals surface area contributed by atoms with Crippen LogP contribution in [0.25, 0.3) is 5.65 Å². The first kappa shape index (κ1) is 6.90. The van der Waals surface area contributed by atoms with Crippen molar-refractivity contribution < 1.29 is 0 Å². The average Bonchev–Trinajstić information content (AvgIpc) is 2.30. The molecule has 3 N–H and O–H groups in total. The number of anilines is 1. The van der Waals surface area contributed by atoms with Gasteiger partial charge in [0.15, 0.2) is 5.82 Å². The van der Waals surface area contributed by atoms with Crippen LogP contribution in [-0.4, -0.2) is 14.6 Å². The number of nitrogens with one attached hydrogen (secondary N) is 1. The summed E-state index contributed by atoms with van der Waals surface area (Å²) in [6.07, 6.45) is 1.77. The van der Waals surface area contributed by atoms with Crippen molar-refractivity contribution in [2.45, 2.75) is 6.92 Å². The lowest BCUT2D eigenvalue weighted by Gasteiger charge is -1.91. The second-order valence-electron chi connectivity index (χ2n) is 2.66. The minimum absolute atomic E-state index is 0.0199. The maximum Gasteiger partial charge on any atom is 0.226 e. The summed E-state index contributed by atoms with van der Waals surface area (Å²) in [5, 5.41) is 3.85. The molecule has 0 aliphatic heterocycles. The third kappa shape index (κ3) is 0.868. The summed E-state index contributed by atoms with van der Waals surface area (Å²) in [7, 11) is 0. The van der Waals surface area contributed by atoms with E-state index in [1.54, 1.807) is 10.7 Å². The molecule has 0 spiro atoms. The highest BCUT2D eigenvalue weighted by molar-refractivity contribution is 5.42. The van der Waals surface area contributed by atoms with E-state index in [1.807, 2.05) is 6.92 Å². The van der Waals surface area contributed by atoms with Crippen LogP contribution in [0.1, 0.15) is 5.69 Å². The number of fused-ring (bicyclic) bond motifs is 1. The normalized spacial score (nSPS) is 10.8. The average molecular weight is 164 g/mol. The summed E-state index contributed by atoms with van der Waals surface area (Å²) in [4.78, 5) is 14.0. The zero-order valence-electron chi connectivity index (χ0n) is 6.53. The van der Waals surface area contributed by atoms with Crippen molar-refractivity contribution in [3.63, 3.8) is 0 Å². The van der Waals surface area contributed by atoms with Gasteiger partial charge in [0.2, 0.25) is 5.43 Å². The van der Waals surface area contributed by atoms with E-state index in [4.69, 9.17) is 5.73 Å². The standard InChI is InChI=1S/C7H8N4O/c1-4-3-11-6(9-4)2-5(12)7(8)10-11/h2-3,9H,1H3,(H2,8,10). The molecule has 5 heteroatoms. The number of nitrogens with zero attached hydrogens (tertiary/aromatic N) is 2. The van der Waals surface area contributed by atoms with Crippen LogP contribution in [0.5, 0.6) is 0 Å². The minimum Gasteiger partial charge on any atom is -0.379 e. The summed E-state index contributed by atoms with van der Waals surface area (Å²) in [6.45, 7) is 1.88. The number of aromatic amines is 1. The number of rotatable bonds is 0. The van der Waals surface area contributed by atoms with Gasteiger partial charge in [0.05, 0.1) is 0 Å². The fraction of sp³-hybridized carbons (Fsp3) is 0.143. The first-order chi connectivity index (χ1) is 5.66. The summed E-state index contributed by atoms with van der Waals surface area (Å²) in [6, 6.07) is 1.43. The molecule has 0 aliphatic carbocycles. The van der Waals surface area contributed by atoms with Crippen molar-refractivity contribution >= 4 is 11.5 Å². The third-order valence-corrected chi connectivity index (χ3v) is 1.62. The van der Waals surface area contributed by atoms with E-state index < -0.39 is 0 Å². The van der Waals surface area contributed by atoms with Gasteiger partial charge in [-0.15, -0.1) is 5.10 Å². The van der Waals surface area contributed by atoms with E-state index in [1.165, 1.54) is 6.07 Å². The molecule has 0 radical (unpaired) electrons. The van der Waals surface area contributed by atoms with Gasteiger partial charge >= 0.3 is 0 Å². The van der Waals surface area contributed by atoms with E-state index >= 15 is 0 Å². The molecule has 2 aromatic heterocycles. The van der Waals surface area contributed by atoms with Crippen molar-refractivity contribution in [1.29, 1.82) is 0 Å². The second kappa shape index (κ2) is 2.10. The van der Waals surface area contributed by atoms with E-state index in [2.05, 4.69) is 10.1 Å². The SMILES string of the molecule is Cc1cn2nc(N)c(=O)cc2[nH]1. The molecule has 0 saturated heterocycles. The lowest BCUT2D eigenvalue weighted by molar-refractivity contribution is 0.937. The summed E-state index contributed by atoms with van der Waals surface area (Å²) in [5.41, 5.74) is 6.68. The highest BCUT2D eigenvalue weighted by Gasteiger charge is 2.00. The molecule has 0 unspecified atom stereocenters. The Morgan fingerprint density at radius 3 is 3.17 bits per heavy atom. The van der Waals surface area contributed by atoms with E-state index in [9.17, 15) is 4.79 Å². The van der Waals surface area contributed by atoms with Crippen LogP contribution in [0.4, 0.5) is 5.82 Å². The van der Waals surface area contributed by atoms with Crippen LogP contribution in [-0.2, 0) is 0 Å². The van der Waals surface area contributed by atoms with Crippen LogP contribution in [0.15, 0.2) is 17.1 Å². The predicted molar refractivity (Wildman–Crippen MR) is 45.0 cm³/mol. The van der Waals surface area contributed by atoms with E-state index in [0.29, 0.717) is 5.65 Å². The fourth-order valence-corrected chi connectivity index (χ4v) is 1.09. The van der Waals surface area contributed by atoms with Gasteiger partial charge in [-0.25, -0.2) is 4.52 Å². The molecule has 0 saturated carbocycles. The summed E-state index contributed by atoms with van der Waals surface area (Å²) >= 11 is 0. The Balaban J connectivity index is 2.92. The van der Waals surface area contributed by atoms with E-state index in [-0.39, 0.29) is 11.2 Å². The molecule has 0 aromatic carbocycles. The zero-order valence-corrected chi connectivity index (χ0v) is 6.53. The molecule has 62 valence electrons. The number of aryl methyl sites for hydroxylation is 1. The smallest absolute Gasteiger partial charge is 0.226 e. The van der Waals surface area contributed by atoms with Gasteiger partial charge in [0.1, 0.15) is 5.65 Å². The fourth-order valence-electron chi connectivity index (χ4n) is 1.09. The molecule has 2 heterocycles. The topological polar surface area (TPSA) is 76.2 Å². The van der Waals surface area contributed by atoms with Crippen molar-refractivity contribution in [3.05, 3.63) is 28.2 Å². The van der Waals surface area contributed by atoms with Crippen molar-refractivity contribution in [2.75, 3.05) is 5.73 Å². The Morgan fingerprint density at radius 1 is 1.67 bits per heavy atom. The van der Waals surface area contributed by atoms with Gasteiger partial charge in [0.25, 0.3) is 0 Å². The monoisotopic (exact) mass is 164 g/mol. The first-order valence-corrected chi connectivity index (χ1v) is 3.51. The number of aromatic nitrogens is 3. The highest BCUT2D eigenvalue weighted by Crippen LogP contribution is 1.99. The molecular weight excluding hydrogens is 156 g/mol. The highest BCUT2D eigenvalue weighted by atomic mass is 16.1. The number of nitrogen functional groups attached to an aromatic ring is 1. The summed E-state index contributed by atoms with van der Waals surface area (Å²) < 4.78 is 1.55. The van der Waals surface area contributed by atoms with Gasteiger partial charge in [-0.1, -0.05) is 0 Å². The molecule has 0 amide bonds. The van der Waals surface area contributed by atoms with Gasteiger partial charge in [-0.3, -0.25) is 4.79 Å². The Hall–Kier alpha value is -1.78. The Morgan fingerprint density at radius 2 is 2.42 bits per heavy atom. The predicted octanol–water partition coefficient (Wildman–Crippen LogP) is -0.0868. The van der Waals surface area contributed by atoms with Crippen molar-refractivity contribution in [3.8, 4) is 0 Å². The lowest BCUT2D eigenvalue weighted by Crippen LogP contribution is -2.11. The molecule has 2 rings (SSSR count). The van der Waals surface area contributed by atoms with Crippen molar-refractivity contribution in [1.82, 2.24) is 14.6 Å². The Bertz CT molecular complexity index is 482. The lowest BCUT2D eigenvalue weighted by atomic mass is 10.5. The number of hydrogen-bond acceptors (Lipinski definition) is 3. The number of nitrogens with two attached hydrogens (primary N) is 1. The quantitative estimate of drug-likeness (QED) is 0.571. The first-order valence-electron chi connectivity index (χ1n) is 3.51. The van der Waals surface area contributed by atoms with Crippen LogP contribution < -0.4 is 11.2 Å². The Kier molecular flexibility index (Phi) is 1.21. The van der Waals surface area contributed by atoms with Crippen LogP contribution in [0.3, 0.4) is 0 Å². The van der Waals surface area contributed by atoms with Crippen LogP contribution in [0.2, 0.25) is 0 Å². The minimum atomic E-state index is -0.253. The van der Waals surface area contributed by atoms with Gasteiger partial charge < -0.3 is 10.7 Å². The summed E-state index contributed by atoms with van der Waals surface area (Å²) in [5.74, 6) is 0.0199. The number of imidazole rings is 1. The molecule has 5 nitrogen and oxygen atoms in total. The van der Waals surface area contributed by atoms with Crippen molar-refractivity contribution in [2.24, 2.45) is 0 Å². The van der Waals surface area contributed by atoms with Crippen LogP contribution >= 0.6 is 0 Å².